The highest BCUT2D eigenvalue weighted by Gasteiger charge is 2.21. The Morgan fingerprint density at radius 2 is 1.89 bits per heavy atom. The van der Waals surface area contributed by atoms with Crippen molar-refractivity contribution >= 4 is 32.9 Å². The molecule has 1 N–H and O–H groups in total. The molecule has 0 bridgehead atoms. The maximum atomic E-state index is 12.9. The summed E-state index contributed by atoms with van der Waals surface area (Å²) in [7, 11) is -0.707. The third-order valence-electron chi connectivity index (χ3n) is 4.56. The molecule has 148 valence electrons. The summed E-state index contributed by atoms with van der Waals surface area (Å²) in [6.45, 7) is 4.54. The predicted octanol–water partition coefficient (Wildman–Crippen LogP) is 3.26. The quantitative estimate of drug-likeness (QED) is 0.688. The van der Waals surface area contributed by atoms with Gasteiger partial charge in [0, 0.05) is 26.2 Å². The van der Waals surface area contributed by atoms with Crippen molar-refractivity contribution in [1.82, 2.24) is 13.9 Å². The number of nitrogens with one attached hydrogen (secondary N) is 1. The van der Waals surface area contributed by atoms with Gasteiger partial charge in [0.25, 0.3) is 5.91 Å². The number of hydrogen-bond acceptors (Lipinski definition) is 4. The van der Waals surface area contributed by atoms with Crippen molar-refractivity contribution in [2.24, 2.45) is 0 Å². The van der Waals surface area contributed by atoms with Crippen LogP contribution in [-0.4, -0.2) is 42.3 Å². The predicted molar refractivity (Wildman–Crippen MR) is 110 cm³/mol. The molecule has 3 rings (SSSR count). The average Bonchev–Trinajstić information content (AvgIpc) is 2.99. The molecular weight excluding hydrogens is 376 g/mol. The number of carbonyl (C=O) groups excluding carboxylic acids is 1. The average molecular weight is 401 g/mol. The van der Waals surface area contributed by atoms with E-state index in [9.17, 15) is 13.2 Å². The van der Waals surface area contributed by atoms with Gasteiger partial charge in [0.05, 0.1) is 15.9 Å². The van der Waals surface area contributed by atoms with E-state index < -0.39 is 10.0 Å². The molecule has 0 aliphatic carbocycles. The Bertz CT molecular complexity index is 1130. The van der Waals surface area contributed by atoms with Gasteiger partial charge in [-0.25, -0.2) is 17.7 Å². The van der Waals surface area contributed by atoms with Crippen LogP contribution >= 0.6 is 0 Å². The van der Waals surface area contributed by atoms with Crippen LogP contribution in [0.3, 0.4) is 0 Å². The molecule has 0 aliphatic heterocycles. The minimum absolute atomic E-state index is 0.0790. The molecule has 1 amide bonds. The summed E-state index contributed by atoms with van der Waals surface area (Å²) in [5.41, 5.74) is 2.73. The fourth-order valence-electron chi connectivity index (χ4n) is 3.01. The lowest BCUT2D eigenvalue weighted by atomic mass is 10.1. The van der Waals surface area contributed by atoms with E-state index in [-0.39, 0.29) is 10.8 Å². The highest BCUT2D eigenvalue weighted by Crippen LogP contribution is 2.22. The van der Waals surface area contributed by atoms with Gasteiger partial charge < -0.3 is 4.57 Å². The zero-order valence-corrected chi connectivity index (χ0v) is 17.2. The molecular formula is C20H24N4O3S. The molecule has 1 aromatic heterocycles. The Morgan fingerprint density at radius 1 is 1.18 bits per heavy atom. The number of anilines is 1. The van der Waals surface area contributed by atoms with Crippen molar-refractivity contribution in [3.63, 3.8) is 0 Å². The van der Waals surface area contributed by atoms with Crippen LogP contribution in [0.25, 0.3) is 11.0 Å². The number of aromatic nitrogens is 2. The van der Waals surface area contributed by atoms with Crippen molar-refractivity contribution in [2.45, 2.75) is 31.7 Å². The second-order valence-corrected chi connectivity index (χ2v) is 8.95. The van der Waals surface area contributed by atoms with E-state index in [1.54, 1.807) is 13.0 Å². The summed E-state index contributed by atoms with van der Waals surface area (Å²) >= 11 is 0. The normalized spacial score (nSPS) is 11.9. The third kappa shape index (κ3) is 3.65. The van der Waals surface area contributed by atoms with Crippen LogP contribution in [0.1, 0.15) is 29.3 Å². The first-order valence-electron chi connectivity index (χ1n) is 9.05. The minimum Gasteiger partial charge on any atom is -0.310 e. The lowest BCUT2D eigenvalue weighted by molar-refractivity contribution is 0.102. The number of fused-ring (bicyclic) bond motifs is 1. The van der Waals surface area contributed by atoms with Crippen LogP contribution < -0.4 is 5.32 Å². The highest BCUT2D eigenvalue weighted by atomic mass is 32.2. The first kappa shape index (κ1) is 20.0. The summed E-state index contributed by atoms with van der Waals surface area (Å²) in [5.74, 6) is 0.0642. The summed E-state index contributed by atoms with van der Waals surface area (Å²) in [5, 5.41) is 2.85. The molecule has 2 aromatic carbocycles. The van der Waals surface area contributed by atoms with Crippen LogP contribution in [0, 0.1) is 6.92 Å². The zero-order chi connectivity index (χ0) is 20.5. The van der Waals surface area contributed by atoms with E-state index >= 15 is 0 Å². The number of imidazole rings is 1. The first-order chi connectivity index (χ1) is 13.3. The molecule has 0 unspecified atom stereocenters. The van der Waals surface area contributed by atoms with Gasteiger partial charge in [0.2, 0.25) is 16.0 Å². The largest absolute Gasteiger partial charge is 0.310 e. The van der Waals surface area contributed by atoms with E-state index in [1.807, 2.05) is 28.8 Å². The minimum atomic E-state index is -3.63. The van der Waals surface area contributed by atoms with Gasteiger partial charge in [0.1, 0.15) is 0 Å². The Morgan fingerprint density at radius 3 is 2.57 bits per heavy atom. The highest BCUT2D eigenvalue weighted by molar-refractivity contribution is 7.89. The second-order valence-electron chi connectivity index (χ2n) is 6.79. The number of nitrogens with zero attached hydrogens (tertiary/aromatic N) is 3. The molecule has 0 fully saturated rings. The van der Waals surface area contributed by atoms with E-state index in [4.69, 9.17) is 0 Å². The van der Waals surface area contributed by atoms with Gasteiger partial charge in [0.15, 0.2) is 0 Å². The van der Waals surface area contributed by atoms with E-state index in [1.165, 1.54) is 26.2 Å². The number of sulfonamides is 1. The van der Waals surface area contributed by atoms with E-state index in [2.05, 4.69) is 17.2 Å². The number of benzene rings is 2. The molecule has 7 nitrogen and oxygen atoms in total. The molecule has 0 saturated carbocycles. The molecule has 0 aliphatic rings. The lowest BCUT2D eigenvalue weighted by Crippen LogP contribution is -2.23. The molecule has 0 saturated heterocycles. The molecule has 3 aromatic rings. The van der Waals surface area contributed by atoms with Crippen LogP contribution in [0.15, 0.2) is 47.4 Å². The van der Waals surface area contributed by atoms with Crippen LogP contribution in [-0.2, 0) is 16.6 Å². The van der Waals surface area contributed by atoms with Crippen LogP contribution in [0.2, 0.25) is 0 Å². The second kappa shape index (κ2) is 7.73. The van der Waals surface area contributed by atoms with Crippen LogP contribution in [0.5, 0.6) is 0 Å². The number of amides is 1. The van der Waals surface area contributed by atoms with Gasteiger partial charge in [-0.05, 0) is 43.2 Å². The topological polar surface area (TPSA) is 84.3 Å². The Kier molecular flexibility index (Phi) is 5.53. The van der Waals surface area contributed by atoms with Crippen molar-refractivity contribution in [3.8, 4) is 0 Å². The zero-order valence-electron chi connectivity index (χ0n) is 16.4. The fraction of sp³-hybridized carbons (Fsp3) is 0.300. The van der Waals surface area contributed by atoms with Gasteiger partial charge in [-0.2, -0.15) is 0 Å². The fourth-order valence-corrected chi connectivity index (χ4v) is 3.94. The monoisotopic (exact) mass is 400 g/mol. The van der Waals surface area contributed by atoms with Gasteiger partial charge >= 0.3 is 0 Å². The molecule has 0 radical (unpaired) electrons. The maximum Gasteiger partial charge on any atom is 0.258 e. The molecule has 28 heavy (non-hydrogen) atoms. The van der Waals surface area contributed by atoms with Crippen molar-refractivity contribution < 1.29 is 13.2 Å². The number of hydrogen-bond donors (Lipinski definition) is 1. The van der Waals surface area contributed by atoms with Gasteiger partial charge in [-0.3, -0.25) is 10.1 Å². The molecule has 0 atom stereocenters. The number of aryl methyl sites for hydroxylation is 2. The van der Waals surface area contributed by atoms with Crippen molar-refractivity contribution in [3.05, 3.63) is 53.6 Å². The van der Waals surface area contributed by atoms with Crippen molar-refractivity contribution in [1.29, 1.82) is 0 Å². The lowest BCUT2D eigenvalue weighted by Gasteiger charge is -2.14. The van der Waals surface area contributed by atoms with E-state index in [0.717, 1.165) is 21.8 Å². The summed E-state index contributed by atoms with van der Waals surface area (Å²) in [6, 6.07) is 12.2. The van der Waals surface area contributed by atoms with E-state index in [0.29, 0.717) is 23.6 Å². The SMILES string of the molecule is CCCn1c(NC(=O)c2cc(S(=O)(=O)N(C)C)ccc2C)nc2ccccc21. The molecule has 0 spiro atoms. The smallest absolute Gasteiger partial charge is 0.258 e. The Hall–Kier alpha value is -2.71. The van der Waals surface area contributed by atoms with Gasteiger partial charge in [-0.15, -0.1) is 0 Å². The molecule has 1 heterocycles. The number of carbonyl (C=O) groups is 1. The third-order valence-corrected chi connectivity index (χ3v) is 6.37. The summed E-state index contributed by atoms with van der Waals surface area (Å²) in [6.07, 6.45) is 0.888. The van der Waals surface area contributed by atoms with Crippen LogP contribution in [0.4, 0.5) is 5.95 Å². The molecule has 8 heteroatoms. The number of para-hydroxylation sites is 2. The standard InChI is InChI=1S/C20H24N4O3S/c1-5-12-24-18-9-7-6-8-17(18)21-20(24)22-19(25)16-13-15(11-10-14(16)2)28(26,27)23(3)4/h6-11,13H,5,12H2,1-4H3,(H,21,22,25). The summed E-state index contributed by atoms with van der Waals surface area (Å²) < 4.78 is 27.9. The van der Waals surface area contributed by atoms with Gasteiger partial charge in [-0.1, -0.05) is 25.1 Å². The first-order valence-corrected chi connectivity index (χ1v) is 10.5. The number of rotatable bonds is 6. The summed E-state index contributed by atoms with van der Waals surface area (Å²) in [4.78, 5) is 17.6. The Labute approximate surface area is 165 Å². The Balaban J connectivity index is 2.00. The van der Waals surface area contributed by atoms with Crippen molar-refractivity contribution in [2.75, 3.05) is 19.4 Å². The maximum absolute atomic E-state index is 12.9.